The number of nitrogens with zero attached hydrogens (tertiary/aromatic N) is 6. The molecule has 0 spiro atoms. The average molecular weight is 285 g/mol. The van der Waals surface area contributed by atoms with Gasteiger partial charge in [-0.05, 0) is 18.0 Å². The fourth-order valence-electron chi connectivity index (χ4n) is 1.32. The third-order valence-corrected chi connectivity index (χ3v) is 3.28. The predicted octanol–water partition coefficient (Wildman–Crippen LogP) is 2.39. The Morgan fingerprint density at radius 1 is 1.28 bits per heavy atom. The largest absolute Gasteiger partial charge is 0.257 e. The standard InChI is InChI=1S/C10H13ClN6S/c1-2-3-4-5-18-10-15-8(11)14-9(16-10)17-7-12-6-13-17/h6-7H,2-5H2,1H3. The van der Waals surface area contributed by atoms with E-state index >= 15 is 0 Å². The van der Waals surface area contributed by atoms with Crippen molar-refractivity contribution in [2.75, 3.05) is 5.75 Å². The number of rotatable bonds is 6. The average Bonchev–Trinajstić information content (AvgIpc) is 2.88. The van der Waals surface area contributed by atoms with Crippen LogP contribution in [0.2, 0.25) is 5.28 Å². The summed E-state index contributed by atoms with van der Waals surface area (Å²) in [5.41, 5.74) is 0. The third-order valence-electron chi connectivity index (χ3n) is 2.18. The number of hydrogen-bond donors (Lipinski definition) is 0. The van der Waals surface area contributed by atoms with E-state index in [4.69, 9.17) is 11.6 Å². The maximum atomic E-state index is 5.87. The molecule has 0 fully saturated rings. The first-order chi connectivity index (χ1) is 8.79. The lowest BCUT2D eigenvalue weighted by molar-refractivity contribution is 0.753. The van der Waals surface area contributed by atoms with Crippen molar-refractivity contribution < 1.29 is 0 Å². The summed E-state index contributed by atoms with van der Waals surface area (Å²) in [6.07, 6.45) is 6.50. The summed E-state index contributed by atoms with van der Waals surface area (Å²) in [4.78, 5) is 16.2. The predicted molar refractivity (Wildman–Crippen MR) is 70.0 cm³/mol. The van der Waals surface area contributed by atoms with E-state index in [9.17, 15) is 0 Å². The van der Waals surface area contributed by atoms with Gasteiger partial charge in [0.15, 0.2) is 5.16 Å². The summed E-state index contributed by atoms with van der Waals surface area (Å²) in [5.74, 6) is 1.37. The summed E-state index contributed by atoms with van der Waals surface area (Å²) >= 11 is 7.45. The Morgan fingerprint density at radius 3 is 2.89 bits per heavy atom. The van der Waals surface area contributed by atoms with E-state index in [1.165, 1.54) is 30.2 Å². The quantitative estimate of drug-likeness (QED) is 0.599. The molecule has 0 saturated carbocycles. The molecule has 0 bridgehead atoms. The van der Waals surface area contributed by atoms with E-state index in [1.807, 2.05) is 0 Å². The number of unbranched alkanes of at least 4 members (excludes halogenated alkanes) is 2. The van der Waals surface area contributed by atoms with E-state index < -0.39 is 0 Å². The first kappa shape index (κ1) is 13.2. The monoisotopic (exact) mass is 284 g/mol. The van der Waals surface area contributed by atoms with Crippen LogP contribution in [-0.4, -0.2) is 35.5 Å². The molecule has 0 radical (unpaired) electrons. The van der Waals surface area contributed by atoms with Gasteiger partial charge in [-0.3, -0.25) is 0 Å². The van der Waals surface area contributed by atoms with E-state index in [2.05, 4.69) is 32.0 Å². The Kier molecular flexibility index (Phi) is 4.89. The van der Waals surface area contributed by atoms with E-state index in [0.717, 1.165) is 12.2 Å². The molecule has 0 aromatic carbocycles. The Hall–Kier alpha value is -1.21. The SMILES string of the molecule is CCCCCSc1nc(Cl)nc(-n2cncn2)n1. The lowest BCUT2D eigenvalue weighted by Gasteiger charge is -2.03. The lowest BCUT2D eigenvalue weighted by Crippen LogP contribution is -2.04. The van der Waals surface area contributed by atoms with Crippen LogP contribution < -0.4 is 0 Å². The van der Waals surface area contributed by atoms with Crippen molar-refractivity contribution in [3.8, 4) is 5.95 Å². The lowest BCUT2D eigenvalue weighted by atomic mass is 10.3. The molecule has 0 unspecified atom stereocenters. The van der Waals surface area contributed by atoms with Gasteiger partial charge in [-0.2, -0.15) is 24.7 Å². The Morgan fingerprint density at radius 2 is 2.17 bits per heavy atom. The number of aromatic nitrogens is 6. The van der Waals surface area contributed by atoms with E-state index in [1.54, 1.807) is 11.8 Å². The second-order valence-electron chi connectivity index (χ2n) is 3.58. The van der Waals surface area contributed by atoms with Gasteiger partial charge in [0.2, 0.25) is 5.28 Å². The van der Waals surface area contributed by atoms with Crippen LogP contribution in [0.3, 0.4) is 0 Å². The summed E-state index contributed by atoms with van der Waals surface area (Å²) in [6.45, 7) is 2.17. The zero-order valence-corrected chi connectivity index (χ0v) is 11.5. The Labute approximate surface area is 114 Å². The molecule has 2 heterocycles. The molecule has 2 aromatic rings. The Balaban J connectivity index is 2.07. The fourth-order valence-corrected chi connectivity index (χ4v) is 2.35. The molecule has 0 N–H and O–H groups in total. The van der Waals surface area contributed by atoms with Gasteiger partial charge in [0.05, 0.1) is 0 Å². The molecule has 6 nitrogen and oxygen atoms in total. The normalized spacial score (nSPS) is 10.8. The molecule has 0 aliphatic carbocycles. The zero-order chi connectivity index (χ0) is 12.8. The van der Waals surface area contributed by atoms with Crippen molar-refractivity contribution >= 4 is 23.4 Å². The third kappa shape index (κ3) is 3.64. The molecular weight excluding hydrogens is 272 g/mol. The minimum atomic E-state index is 0.175. The topological polar surface area (TPSA) is 69.4 Å². The van der Waals surface area contributed by atoms with Crippen LogP contribution >= 0.6 is 23.4 Å². The van der Waals surface area contributed by atoms with Gasteiger partial charge < -0.3 is 0 Å². The zero-order valence-electron chi connectivity index (χ0n) is 9.95. The van der Waals surface area contributed by atoms with Crippen LogP contribution in [0.5, 0.6) is 0 Å². The van der Waals surface area contributed by atoms with Gasteiger partial charge >= 0.3 is 0 Å². The highest BCUT2D eigenvalue weighted by molar-refractivity contribution is 7.99. The molecule has 0 amide bonds. The molecule has 0 saturated heterocycles. The highest BCUT2D eigenvalue weighted by Crippen LogP contribution is 2.17. The van der Waals surface area contributed by atoms with Crippen molar-refractivity contribution in [1.29, 1.82) is 0 Å². The summed E-state index contributed by atoms with van der Waals surface area (Å²) in [7, 11) is 0. The first-order valence-electron chi connectivity index (χ1n) is 5.69. The molecule has 0 aliphatic heterocycles. The fraction of sp³-hybridized carbons (Fsp3) is 0.500. The van der Waals surface area contributed by atoms with Crippen LogP contribution in [0.1, 0.15) is 26.2 Å². The van der Waals surface area contributed by atoms with Gasteiger partial charge in [-0.15, -0.1) is 0 Å². The van der Waals surface area contributed by atoms with Gasteiger partial charge in [-0.25, -0.2) is 4.98 Å². The van der Waals surface area contributed by atoms with Crippen molar-refractivity contribution in [3.63, 3.8) is 0 Å². The molecule has 0 aliphatic rings. The summed E-state index contributed by atoms with van der Waals surface area (Å²) in [6, 6.07) is 0. The minimum absolute atomic E-state index is 0.175. The summed E-state index contributed by atoms with van der Waals surface area (Å²) in [5, 5.41) is 4.76. The summed E-state index contributed by atoms with van der Waals surface area (Å²) < 4.78 is 1.46. The van der Waals surface area contributed by atoms with E-state index in [-0.39, 0.29) is 5.28 Å². The highest BCUT2D eigenvalue weighted by Gasteiger charge is 2.07. The molecule has 2 aromatic heterocycles. The van der Waals surface area contributed by atoms with Crippen molar-refractivity contribution in [2.24, 2.45) is 0 Å². The second kappa shape index (κ2) is 6.65. The van der Waals surface area contributed by atoms with Crippen molar-refractivity contribution in [3.05, 3.63) is 17.9 Å². The Bertz CT molecular complexity index is 489. The highest BCUT2D eigenvalue weighted by atomic mass is 35.5. The van der Waals surface area contributed by atoms with Gasteiger partial charge in [0.1, 0.15) is 12.7 Å². The number of hydrogen-bond acceptors (Lipinski definition) is 6. The van der Waals surface area contributed by atoms with Crippen LogP contribution in [0.4, 0.5) is 0 Å². The van der Waals surface area contributed by atoms with Crippen LogP contribution in [0.25, 0.3) is 5.95 Å². The maximum absolute atomic E-state index is 5.87. The molecule has 8 heteroatoms. The number of halogens is 1. The van der Waals surface area contributed by atoms with Crippen LogP contribution in [0, 0.1) is 0 Å². The maximum Gasteiger partial charge on any atom is 0.257 e. The second-order valence-corrected chi connectivity index (χ2v) is 4.98. The molecule has 2 rings (SSSR count). The van der Waals surface area contributed by atoms with Gasteiger partial charge in [0.25, 0.3) is 5.95 Å². The van der Waals surface area contributed by atoms with Gasteiger partial charge in [0, 0.05) is 5.75 Å². The smallest absolute Gasteiger partial charge is 0.223 e. The van der Waals surface area contributed by atoms with Crippen molar-refractivity contribution in [1.82, 2.24) is 29.7 Å². The van der Waals surface area contributed by atoms with Crippen LogP contribution in [-0.2, 0) is 0 Å². The minimum Gasteiger partial charge on any atom is -0.223 e. The molecular formula is C10H13ClN6S. The van der Waals surface area contributed by atoms with Crippen LogP contribution in [0.15, 0.2) is 17.8 Å². The van der Waals surface area contributed by atoms with Gasteiger partial charge in [-0.1, -0.05) is 31.5 Å². The molecule has 18 heavy (non-hydrogen) atoms. The molecule has 96 valence electrons. The van der Waals surface area contributed by atoms with Crippen molar-refractivity contribution in [2.45, 2.75) is 31.3 Å². The number of thioether (sulfide) groups is 1. The molecule has 0 atom stereocenters. The first-order valence-corrected chi connectivity index (χ1v) is 7.05. The van der Waals surface area contributed by atoms with E-state index in [0.29, 0.717) is 11.1 Å².